The molecular formula is C22H23N3O4. The van der Waals surface area contributed by atoms with Crippen LogP contribution in [0.15, 0.2) is 54.6 Å². The van der Waals surface area contributed by atoms with Gasteiger partial charge in [0.25, 0.3) is 5.91 Å². The fraction of sp³-hybridized carbons (Fsp3) is 0.227. The highest BCUT2D eigenvalue weighted by Crippen LogP contribution is 2.31. The molecule has 7 heteroatoms. The quantitative estimate of drug-likeness (QED) is 0.633. The van der Waals surface area contributed by atoms with E-state index in [0.717, 1.165) is 11.3 Å². The van der Waals surface area contributed by atoms with Crippen LogP contribution in [-0.4, -0.2) is 47.0 Å². The topological polar surface area (TPSA) is 87.0 Å². The Balaban J connectivity index is 1.73. The maximum Gasteiger partial charge on any atom is 0.257 e. The van der Waals surface area contributed by atoms with Crippen molar-refractivity contribution in [2.45, 2.75) is 6.92 Å². The summed E-state index contributed by atoms with van der Waals surface area (Å²) in [5.41, 5.74) is 3.55. The van der Waals surface area contributed by atoms with E-state index < -0.39 is 0 Å². The van der Waals surface area contributed by atoms with E-state index in [1.54, 1.807) is 12.1 Å². The summed E-state index contributed by atoms with van der Waals surface area (Å²) in [4.78, 5) is 15.3. The van der Waals surface area contributed by atoms with E-state index in [0.29, 0.717) is 43.2 Å². The highest BCUT2D eigenvalue weighted by molar-refractivity contribution is 6.08. The fourth-order valence-corrected chi connectivity index (χ4v) is 3.44. The number of anilines is 2. The molecule has 0 atom stereocenters. The van der Waals surface area contributed by atoms with Crippen LogP contribution < -0.4 is 10.2 Å². The monoisotopic (exact) mass is 393 g/mol. The smallest absolute Gasteiger partial charge is 0.257 e. The molecule has 0 bridgehead atoms. The highest BCUT2D eigenvalue weighted by Gasteiger charge is 2.21. The summed E-state index contributed by atoms with van der Waals surface area (Å²) < 4.78 is 6.71. The number of aromatic nitrogens is 1. The Morgan fingerprint density at radius 1 is 0.966 bits per heavy atom. The number of aromatic hydroxyl groups is 2. The van der Waals surface area contributed by atoms with Crippen LogP contribution in [0.25, 0.3) is 5.69 Å². The van der Waals surface area contributed by atoms with Crippen LogP contribution in [0.4, 0.5) is 11.4 Å². The van der Waals surface area contributed by atoms with Gasteiger partial charge in [0.15, 0.2) is 11.8 Å². The van der Waals surface area contributed by atoms with Crippen molar-refractivity contribution in [2.24, 2.45) is 0 Å². The van der Waals surface area contributed by atoms with Crippen molar-refractivity contribution in [1.29, 1.82) is 0 Å². The minimum atomic E-state index is -0.261. The van der Waals surface area contributed by atoms with Gasteiger partial charge in [-0.1, -0.05) is 17.7 Å². The molecular weight excluding hydrogens is 370 g/mol. The number of morpholine rings is 1. The van der Waals surface area contributed by atoms with E-state index in [2.05, 4.69) is 10.2 Å². The number of hydrogen-bond acceptors (Lipinski definition) is 5. The largest absolute Gasteiger partial charge is 0.494 e. The van der Waals surface area contributed by atoms with Gasteiger partial charge < -0.3 is 25.2 Å². The lowest BCUT2D eigenvalue weighted by atomic mass is 10.1. The Morgan fingerprint density at radius 3 is 2.28 bits per heavy atom. The van der Waals surface area contributed by atoms with Gasteiger partial charge in [0.05, 0.1) is 24.5 Å². The van der Waals surface area contributed by atoms with Gasteiger partial charge in [-0.15, -0.1) is 0 Å². The molecule has 0 saturated carbocycles. The SMILES string of the molecule is Cc1ccc(NC(=O)c2cc(-n3c(O)ccc3O)ccc2N2CCOCC2)cc1. The summed E-state index contributed by atoms with van der Waals surface area (Å²) in [7, 11) is 0. The number of rotatable bonds is 4. The number of carbonyl (C=O) groups is 1. The Kier molecular flexibility index (Phi) is 5.14. The first-order valence-corrected chi connectivity index (χ1v) is 9.48. The zero-order chi connectivity index (χ0) is 20.4. The second kappa shape index (κ2) is 7.89. The summed E-state index contributed by atoms with van der Waals surface area (Å²) >= 11 is 0. The summed E-state index contributed by atoms with van der Waals surface area (Å²) in [5, 5.41) is 23.1. The first-order chi connectivity index (χ1) is 14.0. The average molecular weight is 393 g/mol. The zero-order valence-corrected chi connectivity index (χ0v) is 16.1. The van der Waals surface area contributed by atoms with Crippen LogP contribution in [0.2, 0.25) is 0 Å². The van der Waals surface area contributed by atoms with E-state index in [4.69, 9.17) is 4.74 Å². The summed E-state index contributed by atoms with van der Waals surface area (Å²) in [5.74, 6) is -0.471. The highest BCUT2D eigenvalue weighted by atomic mass is 16.5. The molecule has 1 aliphatic rings. The lowest BCUT2D eigenvalue weighted by Crippen LogP contribution is -2.37. The first-order valence-electron chi connectivity index (χ1n) is 9.48. The van der Waals surface area contributed by atoms with Crippen molar-refractivity contribution in [3.63, 3.8) is 0 Å². The van der Waals surface area contributed by atoms with E-state index in [1.807, 2.05) is 37.3 Å². The van der Waals surface area contributed by atoms with E-state index in [9.17, 15) is 15.0 Å². The van der Waals surface area contributed by atoms with E-state index in [-0.39, 0.29) is 17.7 Å². The lowest BCUT2D eigenvalue weighted by Gasteiger charge is -2.30. The van der Waals surface area contributed by atoms with E-state index in [1.165, 1.54) is 16.7 Å². The van der Waals surface area contributed by atoms with Crippen LogP contribution in [0.1, 0.15) is 15.9 Å². The Hall–Kier alpha value is -3.45. The number of aryl methyl sites for hydroxylation is 1. The van der Waals surface area contributed by atoms with Crippen molar-refractivity contribution in [3.05, 3.63) is 65.7 Å². The van der Waals surface area contributed by atoms with Gasteiger partial charge in [-0.2, -0.15) is 0 Å². The van der Waals surface area contributed by atoms with Gasteiger partial charge >= 0.3 is 0 Å². The minimum absolute atomic E-state index is 0.105. The number of ether oxygens (including phenoxy) is 1. The van der Waals surface area contributed by atoms with Gasteiger partial charge in [0.1, 0.15) is 0 Å². The lowest BCUT2D eigenvalue weighted by molar-refractivity contribution is 0.102. The zero-order valence-electron chi connectivity index (χ0n) is 16.1. The fourth-order valence-electron chi connectivity index (χ4n) is 3.44. The van der Waals surface area contributed by atoms with Gasteiger partial charge in [-0.3, -0.25) is 9.36 Å². The predicted molar refractivity (Wildman–Crippen MR) is 111 cm³/mol. The first kappa shape index (κ1) is 18.9. The van der Waals surface area contributed by atoms with Crippen LogP contribution in [0, 0.1) is 6.92 Å². The molecule has 1 amide bonds. The molecule has 7 nitrogen and oxygen atoms in total. The molecule has 2 aromatic carbocycles. The molecule has 3 aromatic rings. The Labute approximate surface area is 168 Å². The maximum absolute atomic E-state index is 13.2. The number of nitrogens with one attached hydrogen (secondary N) is 1. The Bertz CT molecular complexity index is 1000. The molecule has 1 aliphatic heterocycles. The third kappa shape index (κ3) is 3.90. The van der Waals surface area contributed by atoms with Crippen molar-refractivity contribution < 1.29 is 19.7 Å². The predicted octanol–water partition coefficient (Wildman–Crippen LogP) is 3.29. The normalized spacial score (nSPS) is 14.0. The summed E-state index contributed by atoms with van der Waals surface area (Å²) in [6.07, 6.45) is 0. The molecule has 4 rings (SSSR count). The molecule has 150 valence electrons. The summed E-state index contributed by atoms with van der Waals surface area (Å²) in [6.45, 7) is 4.55. The third-order valence-electron chi connectivity index (χ3n) is 4.98. The Morgan fingerprint density at radius 2 is 1.62 bits per heavy atom. The van der Waals surface area contributed by atoms with Crippen LogP contribution in [0.3, 0.4) is 0 Å². The number of benzene rings is 2. The minimum Gasteiger partial charge on any atom is -0.494 e. The second-order valence-corrected chi connectivity index (χ2v) is 7.01. The van der Waals surface area contributed by atoms with E-state index >= 15 is 0 Å². The molecule has 0 unspecified atom stereocenters. The molecule has 29 heavy (non-hydrogen) atoms. The molecule has 1 fully saturated rings. The second-order valence-electron chi connectivity index (χ2n) is 7.01. The van der Waals surface area contributed by atoms with Gasteiger partial charge in [-0.05, 0) is 37.3 Å². The standard InChI is InChI=1S/C22H23N3O4/c1-15-2-4-16(5-3-15)23-22(28)18-14-17(25-20(26)8-9-21(25)27)6-7-19(18)24-10-12-29-13-11-24/h2-9,14,26-27H,10-13H2,1H3,(H,23,28). The van der Waals surface area contributed by atoms with Crippen LogP contribution in [0.5, 0.6) is 11.8 Å². The number of nitrogens with zero attached hydrogens (tertiary/aromatic N) is 2. The van der Waals surface area contributed by atoms with Crippen molar-refractivity contribution in [2.75, 3.05) is 36.5 Å². The molecule has 0 aliphatic carbocycles. The molecule has 1 saturated heterocycles. The van der Waals surface area contributed by atoms with Crippen LogP contribution in [-0.2, 0) is 4.74 Å². The van der Waals surface area contributed by atoms with Gasteiger partial charge in [0.2, 0.25) is 0 Å². The molecule has 2 heterocycles. The summed E-state index contributed by atoms with van der Waals surface area (Å²) in [6, 6.07) is 15.7. The molecule has 3 N–H and O–H groups in total. The van der Waals surface area contributed by atoms with Crippen molar-refractivity contribution >= 4 is 17.3 Å². The molecule has 0 spiro atoms. The number of hydrogen-bond donors (Lipinski definition) is 3. The van der Waals surface area contributed by atoms with Gasteiger partial charge in [0, 0.05) is 36.6 Å². The van der Waals surface area contributed by atoms with Crippen LogP contribution >= 0.6 is 0 Å². The molecule has 1 aromatic heterocycles. The van der Waals surface area contributed by atoms with Crippen molar-refractivity contribution in [3.8, 4) is 17.4 Å². The van der Waals surface area contributed by atoms with Gasteiger partial charge in [-0.25, -0.2) is 0 Å². The number of amides is 1. The average Bonchev–Trinajstić information content (AvgIpc) is 3.08. The maximum atomic E-state index is 13.2. The van der Waals surface area contributed by atoms with Crippen molar-refractivity contribution in [1.82, 2.24) is 4.57 Å². The number of carbonyl (C=O) groups excluding carboxylic acids is 1. The molecule has 0 radical (unpaired) electrons. The third-order valence-corrected chi connectivity index (χ3v) is 4.98.